The third kappa shape index (κ3) is 3.47. The van der Waals surface area contributed by atoms with Crippen molar-refractivity contribution in [2.75, 3.05) is 13.2 Å². The molecule has 0 aromatic heterocycles. The van der Waals surface area contributed by atoms with Crippen LogP contribution in [-0.2, 0) is 11.2 Å². The largest absolute Gasteiger partial charge is 0.488 e. The minimum Gasteiger partial charge on any atom is -0.488 e. The van der Waals surface area contributed by atoms with E-state index < -0.39 is 29.1 Å². The predicted molar refractivity (Wildman–Crippen MR) is 102 cm³/mol. The molecule has 0 saturated carbocycles. The molecule has 158 valence electrons. The molecule has 0 spiro atoms. The van der Waals surface area contributed by atoms with Crippen LogP contribution in [0.3, 0.4) is 0 Å². The van der Waals surface area contributed by atoms with Gasteiger partial charge in [-0.25, -0.2) is 13.6 Å². The maximum atomic E-state index is 14.0. The molecule has 3 aliphatic rings. The number of hydrogen-bond donors (Lipinski definition) is 1. The Labute approximate surface area is 171 Å². The van der Waals surface area contributed by atoms with Gasteiger partial charge in [-0.15, -0.1) is 0 Å². The van der Waals surface area contributed by atoms with Crippen molar-refractivity contribution in [2.45, 2.75) is 57.5 Å². The average molecular weight is 429 g/mol. The molecule has 10 heteroatoms. The molecule has 0 radical (unpaired) electrons. The van der Waals surface area contributed by atoms with E-state index in [9.17, 15) is 18.0 Å². The van der Waals surface area contributed by atoms with Crippen molar-refractivity contribution in [3.05, 3.63) is 29.1 Å². The number of hydrogen-bond acceptors (Lipinski definition) is 4. The van der Waals surface area contributed by atoms with Crippen LogP contribution in [0, 0.1) is 17.5 Å². The summed E-state index contributed by atoms with van der Waals surface area (Å²) in [7, 11) is 0. The van der Waals surface area contributed by atoms with Crippen LogP contribution < -0.4 is 10.1 Å². The first-order valence-electron chi connectivity index (χ1n) is 9.44. The van der Waals surface area contributed by atoms with E-state index >= 15 is 0 Å². The topological polar surface area (TPSA) is 54.0 Å². The van der Waals surface area contributed by atoms with E-state index in [1.54, 1.807) is 25.7 Å². The molecule has 1 N–H and O–H groups in total. The van der Waals surface area contributed by atoms with Gasteiger partial charge in [-0.3, -0.25) is 4.90 Å². The Morgan fingerprint density at radius 1 is 1.31 bits per heavy atom. The number of carbonyl (C=O) groups is 1. The Hall–Kier alpha value is -2.23. The molecule has 2 saturated heterocycles. The maximum absolute atomic E-state index is 14.0. The lowest BCUT2D eigenvalue weighted by molar-refractivity contribution is 0.0203. The number of nitrogens with one attached hydrogen (secondary N) is 1. The van der Waals surface area contributed by atoms with Crippen molar-refractivity contribution in [3.8, 4) is 5.75 Å². The Bertz CT molecular complexity index is 876. The highest BCUT2D eigenvalue weighted by molar-refractivity contribution is 7.80. The van der Waals surface area contributed by atoms with Crippen LogP contribution in [0.15, 0.2) is 6.07 Å². The first kappa shape index (κ1) is 20.1. The zero-order valence-electron chi connectivity index (χ0n) is 16.3. The Kier molecular flexibility index (Phi) is 4.79. The lowest BCUT2D eigenvalue weighted by Crippen LogP contribution is -2.49. The SMILES string of the molecule is CC(C)(C)OC(=O)N1CCC2C1NC(=S)N2[C@H]1COc2c(cc(F)c(F)c2F)C1. The quantitative estimate of drug-likeness (QED) is 0.547. The van der Waals surface area contributed by atoms with Gasteiger partial charge in [0, 0.05) is 18.5 Å². The summed E-state index contributed by atoms with van der Waals surface area (Å²) in [6.07, 6.45) is 0.139. The second kappa shape index (κ2) is 6.93. The van der Waals surface area contributed by atoms with Crippen LogP contribution in [0.4, 0.5) is 18.0 Å². The minimum atomic E-state index is -1.54. The van der Waals surface area contributed by atoms with Crippen molar-refractivity contribution < 1.29 is 27.4 Å². The van der Waals surface area contributed by atoms with Crippen LogP contribution in [0.1, 0.15) is 32.8 Å². The third-order valence-corrected chi connectivity index (χ3v) is 5.65. The number of amides is 1. The molecule has 2 unspecified atom stereocenters. The van der Waals surface area contributed by atoms with E-state index in [0.29, 0.717) is 18.1 Å². The van der Waals surface area contributed by atoms with Gasteiger partial charge >= 0.3 is 6.09 Å². The van der Waals surface area contributed by atoms with Crippen molar-refractivity contribution in [3.63, 3.8) is 0 Å². The van der Waals surface area contributed by atoms with E-state index in [1.165, 1.54) is 0 Å². The molecular formula is C19H22F3N3O3S. The average Bonchev–Trinajstić information content (AvgIpc) is 3.15. The van der Waals surface area contributed by atoms with Crippen molar-refractivity contribution in [2.24, 2.45) is 0 Å². The molecular weight excluding hydrogens is 407 g/mol. The number of benzene rings is 1. The fourth-order valence-corrected chi connectivity index (χ4v) is 4.57. The van der Waals surface area contributed by atoms with Crippen LogP contribution in [-0.4, -0.2) is 58.0 Å². The van der Waals surface area contributed by atoms with E-state index in [1.807, 2.05) is 4.90 Å². The number of carbonyl (C=O) groups excluding carboxylic acids is 1. The number of halogens is 3. The molecule has 29 heavy (non-hydrogen) atoms. The van der Waals surface area contributed by atoms with E-state index in [4.69, 9.17) is 21.7 Å². The van der Waals surface area contributed by atoms with Gasteiger partial charge in [0.25, 0.3) is 0 Å². The summed E-state index contributed by atoms with van der Waals surface area (Å²) in [5.41, 5.74) is -0.357. The zero-order chi connectivity index (χ0) is 21.1. The van der Waals surface area contributed by atoms with Crippen LogP contribution in [0.2, 0.25) is 0 Å². The van der Waals surface area contributed by atoms with Gasteiger partial charge in [-0.05, 0) is 45.5 Å². The Morgan fingerprint density at radius 2 is 2.03 bits per heavy atom. The zero-order valence-corrected chi connectivity index (χ0v) is 17.1. The van der Waals surface area contributed by atoms with Gasteiger partial charge in [0.15, 0.2) is 22.5 Å². The third-order valence-electron chi connectivity index (χ3n) is 5.32. The number of likely N-dealkylation sites (tertiary alicyclic amines) is 1. The highest BCUT2D eigenvalue weighted by Gasteiger charge is 2.50. The molecule has 3 aliphatic heterocycles. The van der Waals surface area contributed by atoms with Crippen LogP contribution in [0.25, 0.3) is 0 Å². The number of fused-ring (bicyclic) bond motifs is 2. The number of thiocarbonyl (C=S) groups is 1. The highest BCUT2D eigenvalue weighted by atomic mass is 32.1. The second-order valence-corrected chi connectivity index (χ2v) is 8.86. The fourth-order valence-electron chi connectivity index (χ4n) is 4.16. The summed E-state index contributed by atoms with van der Waals surface area (Å²) in [5.74, 6) is -4.35. The van der Waals surface area contributed by atoms with Crippen molar-refractivity contribution in [1.29, 1.82) is 0 Å². The first-order valence-corrected chi connectivity index (χ1v) is 9.85. The number of nitrogens with zero attached hydrogens (tertiary/aromatic N) is 2. The van der Waals surface area contributed by atoms with Crippen molar-refractivity contribution in [1.82, 2.24) is 15.1 Å². The molecule has 6 nitrogen and oxygen atoms in total. The molecule has 1 amide bonds. The van der Waals surface area contributed by atoms with Gasteiger partial charge in [-0.2, -0.15) is 4.39 Å². The minimum absolute atomic E-state index is 0.0759. The molecule has 2 fully saturated rings. The number of rotatable bonds is 1. The molecule has 1 aromatic carbocycles. The second-order valence-electron chi connectivity index (χ2n) is 8.47. The summed E-state index contributed by atoms with van der Waals surface area (Å²) >= 11 is 5.47. The van der Waals surface area contributed by atoms with Crippen molar-refractivity contribution >= 4 is 23.4 Å². The predicted octanol–water partition coefficient (Wildman–Crippen LogP) is 2.93. The molecule has 0 aliphatic carbocycles. The normalized spacial score (nSPS) is 26.0. The summed E-state index contributed by atoms with van der Waals surface area (Å²) in [5, 5.41) is 3.59. The van der Waals surface area contributed by atoms with Crippen LogP contribution in [0.5, 0.6) is 5.75 Å². The lowest BCUT2D eigenvalue weighted by Gasteiger charge is -2.36. The fraction of sp³-hybridized carbons (Fsp3) is 0.579. The van der Waals surface area contributed by atoms with Gasteiger partial charge in [0.05, 0.1) is 12.1 Å². The smallest absolute Gasteiger partial charge is 0.412 e. The van der Waals surface area contributed by atoms with Crippen LogP contribution >= 0.6 is 12.2 Å². The first-order chi connectivity index (χ1) is 13.6. The monoisotopic (exact) mass is 429 g/mol. The molecule has 4 rings (SSSR count). The summed E-state index contributed by atoms with van der Waals surface area (Å²) in [4.78, 5) is 16.1. The maximum Gasteiger partial charge on any atom is 0.412 e. The van der Waals surface area contributed by atoms with Gasteiger partial charge < -0.3 is 19.7 Å². The standard InChI is InChI=1S/C19H22F3N3O3S/c1-19(2,3)28-18(26)24-5-4-12-16(24)23-17(29)25(12)10-6-9-7-11(20)13(21)14(22)15(9)27-8-10/h7,10,12,16H,4-6,8H2,1-3H3,(H,23,29)/t10-,12?,16?/m1/s1. The number of ether oxygens (including phenoxy) is 2. The summed E-state index contributed by atoms with van der Waals surface area (Å²) < 4.78 is 52.0. The van der Waals surface area contributed by atoms with E-state index in [-0.39, 0.29) is 42.6 Å². The van der Waals surface area contributed by atoms with Gasteiger partial charge in [0.1, 0.15) is 18.4 Å². The highest BCUT2D eigenvalue weighted by Crippen LogP contribution is 2.36. The molecule has 1 aromatic rings. The summed E-state index contributed by atoms with van der Waals surface area (Å²) in [6, 6.07) is 0.562. The van der Waals surface area contributed by atoms with E-state index in [0.717, 1.165) is 6.07 Å². The van der Waals surface area contributed by atoms with E-state index in [2.05, 4.69) is 5.32 Å². The van der Waals surface area contributed by atoms with Gasteiger partial charge in [0.2, 0.25) is 5.82 Å². The molecule has 3 atom stereocenters. The van der Waals surface area contributed by atoms with Gasteiger partial charge in [-0.1, -0.05) is 0 Å². The lowest BCUT2D eigenvalue weighted by atomic mass is 9.99. The Morgan fingerprint density at radius 3 is 2.72 bits per heavy atom. The Balaban J connectivity index is 1.53. The molecule has 3 heterocycles. The molecule has 0 bridgehead atoms. The summed E-state index contributed by atoms with van der Waals surface area (Å²) in [6.45, 7) is 5.97.